The molecule has 1 heterocycles. The molecule has 0 unspecified atom stereocenters. The second-order valence-electron chi connectivity index (χ2n) is 6.75. The average molecular weight is 365 g/mol. The molecule has 0 spiro atoms. The highest BCUT2D eigenvalue weighted by Crippen LogP contribution is 2.28. The standard InChI is InChI=1S/C22H23NO4/c1-3-15(2)19(16-9-5-4-6-10-16)22(26)27-14-13-23-20(24)17-11-7-8-12-18(17)21(23)25/h4-12,15,19H,3,13-14H2,1-2H3/t15-,19+/m1/s1. The van der Waals surface area contributed by atoms with Crippen LogP contribution in [0.3, 0.4) is 0 Å². The maximum absolute atomic E-state index is 12.7. The molecule has 2 aromatic carbocycles. The zero-order chi connectivity index (χ0) is 19.4. The van der Waals surface area contributed by atoms with E-state index in [1.807, 2.05) is 44.2 Å². The fraction of sp³-hybridized carbons (Fsp3) is 0.318. The number of amides is 2. The normalized spacial score (nSPS) is 15.4. The van der Waals surface area contributed by atoms with Crippen LogP contribution in [-0.4, -0.2) is 35.8 Å². The number of nitrogens with zero attached hydrogens (tertiary/aromatic N) is 1. The number of carbonyl (C=O) groups is 3. The molecule has 0 saturated carbocycles. The number of hydrogen-bond acceptors (Lipinski definition) is 4. The summed E-state index contributed by atoms with van der Waals surface area (Å²) in [6.07, 6.45) is 0.840. The summed E-state index contributed by atoms with van der Waals surface area (Å²) >= 11 is 0. The van der Waals surface area contributed by atoms with Crippen molar-refractivity contribution in [2.24, 2.45) is 5.92 Å². The molecule has 5 nitrogen and oxygen atoms in total. The van der Waals surface area contributed by atoms with E-state index in [2.05, 4.69) is 0 Å². The number of rotatable bonds is 7. The highest BCUT2D eigenvalue weighted by Gasteiger charge is 2.35. The number of hydrogen-bond donors (Lipinski definition) is 0. The van der Waals surface area contributed by atoms with Gasteiger partial charge in [-0.25, -0.2) is 0 Å². The van der Waals surface area contributed by atoms with E-state index in [9.17, 15) is 14.4 Å². The largest absolute Gasteiger partial charge is 0.463 e. The third-order valence-corrected chi connectivity index (χ3v) is 5.06. The second-order valence-corrected chi connectivity index (χ2v) is 6.75. The molecule has 0 N–H and O–H groups in total. The van der Waals surface area contributed by atoms with Crippen LogP contribution in [0.15, 0.2) is 54.6 Å². The van der Waals surface area contributed by atoms with Gasteiger partial charge in [-0.15, -0.1) is 0 Å². The Kier molecular flexibility index (Phi) is 5.69. The summed E-state index contributed by atoms with van der Waals surface area (Å²) < 4.78 is 5.45. The predicted molar refractivity (Wildman–Crippen MR) is 101 cm³/mol. The van der Waals surface area contributed by atoms with Crippen LogP contribution in [0.1, 0.15) is 52.5 Å². The van der Waals surface area contributed by atoms with Crippen molar-refractivity contribution in [2.75, 3.05) is 13.2 Å². The molecule has 140 valence electrons. The van der Waals surface area contributed by atoms with Gasteiger partial charge in [-0.2, -0.15) is 0 Å². The van der Waals surface area contributed by atoms with Crippen molar-refractivity contribution in [3.8, 4) is 0 Å². The molecule has 0 fully saturated rings. The molecule has 27 heavy (non-hydrogen) atoms. The average Bonchev–Trinajstić information content (AvgIpc) is 2.94. The van der Waals surface area contributed by atoms with Gasteiger partial charge in [-0.05, 0) is 23.6 Å². The zero-order valence-corrected chi connectivity index (χ0v) is 15.6. The molecule has 0 aliphatic carbocycles. The van der Waals surface area contributed by atoms with Crippen molar-refractivity contribution in [3.63, 3.8) is 0 Å². The predicted octanol–water partition coefficient (Wildman–Crippen LogP) is 3.66. The van der Waals surface area contributed by atoms with Gasteiger partial charge in [0.2, 0.25) is 0 Å². The van der Waals surface area contributed by atoms with Crippen molar-refractivity contribution in [1.29, 1.82) is 0 Å². The van der Waals surface area contributed by atoms with Crippen molar-refractivity contribution in [1.82, 2.24) is 4.90 Å². The number of ether oxygens (including phenoxy) is 1. The lowest BCUT2D eigenvalue weighted by Crippen LogP contribution is -2.34. The molecule has 0 bridgehead atoms. The van der Waals surface area contributed by atoms with E-state index in [-0.39, 0.29) is 42.8 Å². The first-order valence-corrected chi connectivity index (χ1v) is 9.21. The third-order valence-electron chi connectivity index (χ3n) is 5.06. The first kappa shape index (κ1) is 18.8. The van der Waals surface area contributed by atoms with E-state index in [0.717, 1.165) is 16.9 Å². The number of esters is 1. The Bertz CT molecular complexity index is 811. The Labute approximate surface area is 158 Å². The van der Waals surface area contributed by atoms with Crippen LogP contribution in [0.25, 0.3) is 0 Å². The van der Waals surface area contributed by atoms with E-state index in [1.54, 1.807) is 24.3 Å². The van der Waals surface area contributed by atoms with Crippen LogP contribution >= 0.6 is 0 Å². The van der Waals surface area contributed by atoms with E-state index in [0.29, 0.717) is 11.1 Å². The molecule has 5 heteroatoms. The molecule has 3 rings (SSSR count). The third kappa shape index (κ3) is 3.77. The minimum absolute atomic E-state index is 0.00985. The zero-order valence-electron chi connectivity index (χ0n) is 15.6. The van der Waals surface area contributed by atoms with E-state index < -0.39 is 0 Å². The lowest BCUT2D eigenvalue weighted by Gasteiger charge is -2.22. The Morgan fingerprint density at radius 3 is 2.07 bits per heavy atom. The van der Waals surface area contributed by atoms with Gasteiger partial charge in [0.05, 0.1) is 23.6 Å². The molecule has 0 aromatic heterocycles. The summed E-state index contributed by atoms with van der Waals surface area (Å²) in [6, 6.07) is 16.3. The Morgan fingerprint density at radius 2 is 1.52 bits per heavy atom. The van der Waals surface area contributed by atoms with Crippen LogP contribution in [0, 0.1) is 5.92 Å². The van der Waals surface area contributed by atoms with E-state index in [4.69, 9.17) is 4.74 Å². The Morgan fingerprint density at radius 1 is 0.963 bits per heavy atom. The van der Waals surface area contributed by atoms with Gasteiger partial charge in [-0.1, -0.05) is 62.7 Å². The summed E-state index contributed by atoms with van der Waals surface area (Å²) in [5.74, 6) is -1.24. The van der Waals surface area contributed by atoms with Gasteiger partial charge < -0.3 is 4.74 Å². The lowest BCUT2D eigenvalue weighted by molar-refractivity contribution is -0.147. The quantitative estimate of drug-likeness (QED) is 0.555. The van der Waals surface area contributed by atoms with Gasteiger partial charge >= 0.3 is 5.97 Å². The Balaban J connectivity index is 1.64. The van der Waals surface area contributed by atoms with Crippen molar-refractivity contribution < 1.29 is 19.1 Å². The number of benzene rings is 2. The SMILES string of the molecule is CC[C@@H](C)[C@H](C(=O)OCCN1C(=O)c2ccccc2C1=O)c1ccccc1. The van der Waals surface area contributed by atoms with Crippen molar-refractivity contribution >= 4 is 17.8 Å². The van der Waals surface area contributed by atoms with Crippen LogP contribution in [0.2, 0.25) is 0 Å². The van der Waals surface area contributed by atoms with E-state index >= 15 is 0 Å². The smallest absolute Gasteiger partial charge is 0.313 e. The highest BCUT2D eigenvalue weighted by molar-refractivity contribution is 6.21. The first-order valence-electron chi connectivity index (χ1n) is 9.21. The Hall–Kier alpha value is -2.95. The maximum atomic E-state index is 12.7. The minimum Gasteiger partial charge on any atom is -0.463 e. The van der Waals surface area contributed by atoms with Gasteiger partial charge in [0.25, 0.3) is 11.8 Å². The van der Waals surface area contributed by atoms with Gasteiger partial charge in [0.1, 0.15) is 6.61 Å². The monoisotopic (exact) mass is 365 g/mol. The molecular weight excluding hydrogens is 342 g/mol. The molecule has 2 amide bonds. The topological polar surface area (TPSA) is 63.7 Å². The summed E-state index contributed by atoms with van der Waals surface area (Å²) in [4.78, 5) is 38.5. The lowest BCUT2D eigenvalue weighted by atomic mass is 9.86. The number of carbonyl (C=O) groups excluding carboxylic acids is 3. The molecule has 0 saturated heterocycles. The molecule has 2 aromatic rings. The second kappa shape index (κ2) is 8.16. The number of fused-ring (bicyclic) bond motifs is 1. The van der Waals surface area contributed by atoms with Crippen LogP contribution in [-0.2, 0) is 9.53 Å². The summed E-state index contributed by atoms with van der Waals surface area (Å²) in [5.41, 5.74) is 1.71. The van der Waals surface area contributed by atoms with Crippen LogP contribution < -0.4 is 0 Å². The van der Waals surface area contributed by atoms with Crippen LogP contribution in [0.5, 0.6) is 0 Å². The molecule has 0 radical (unpaired) electrons. The molecule has 1 aliphatic rings. The van der Waals surface area contributed by atoms with Gasteiger partial charge in [0, 0.05) is 0 Å². The van der Waals surface area contributed by atoms with Gasteiger partial charge in [-0.3, -0.25) is 19.3 Å². The molecule has 1 aliphatic heterocycles. The van der Waals surface area contributed by atoms with Crippen LogP contribution in [0.4, 0.5) is 0 Å². The maximum Gasteiger partial charge on any atom is 0.313 e. The fourth-order valence-corrected chi connectivity index (χ4v) is 3.36. The van der Waals surface area contributed by atoms with Crippen molar-refractivity contribution in [3.05, 3.63) is 71.3 Å². The fourth-order valence-electron chi connectivity index (χ4n) is 3.36. The van der Waals surface area contributed by atoms with Crippen molar-refractivity contribution in [2.45, 2.75) is 26.2 Å². The minimum atomic E-state index is -0.363. The first-order chi connectivity index (χ1) is 13.0. The van der Waals surface area contributed by atoms with Gasteiger partial charge in [0.15, 0.2) is 0 Å². The molecular formula is C22H23NO4. The number of imide groups is 1. The highest BCUT2D eigenvalue weighted by atomic mass is 16.5. The summed E-state index contributed by atoms with van der Waals surface area (Å²) in [6.45, 7) is 4.10. The van der Waals surface area contributed by atoms with E-state index in [1.165, 1.54) is 0 Å². The summed E-state index contributed by atoms with van der Waals surface area (Å²) in [5, 5.41) is 0. The summed E-state index contributed by atoms with van der Waals surface area (Å²) in [7, 11) is 0. The molecule has 2 atom stereocenters.